The Morgan fingerprint density at radius 1 is 1.40 bits per heavy atom. The third-order valence-corrected chi connectivity index (χ3v) is 3.14. The van der Waals surface area contributed by atoms with Crippen LogP contribution in [0.1, 0.15) is 33.6 Å². The number of Topliss-reactive ketones (excluding diaryl/α,β-unsaturated/α-hetero) is 1. The van der Waals surface area contributed by atoms with Crippen LogP contribution in [0.2, 0.25) is 0 Å². The molecule has 0 aromatic rings. The summed E-state index contributed by atoms with van der Waals surface area (Å²) in [6.45, 7) is 7.09. The topological polar surface area (TPSA) is 26.3 Å². The van der Waals surface area contributed by atoms with E-state index in [1.54, 1.807) is 0 Å². The lowest BCUT2D eigenvalue weighted by molar-refractivity contribution is -0.127. The minimum Gasteiger partial charge on any atom is -0.373 e. The number of allylic oxidation sites excluding steroid dienone is 2. The lowest BCUT2D eigenvalue weighted by Gasteiger charge is -2.24. The first-order valence-electron chi connectivity index (χ1n) is 5.86. The summed E-state index contributed by atoms with van der Waals surface area (Å²) in [4.78, 5) is 11.3. The number of carbonyl (C=O) groups is 1. The van der Waals surface area contributed by atoms with Crippen molar-refractivity contribution < 1.29 is 9.53 Å². The van der Waals surface area contributed by atoms with E-state index in [-0.39, 0.29) is 18.3 Å². The minimum atomic E-state index is 0.0914. The third kappa shape index (κ3) is 4.17. The second-order valence-electron chi connectivity index (χ2n) is 4.82. The van der Waals surface area contributed by atoms with E-state index in [0.29, 0.717) is 11.8 Å². The molecule has 0 fully saturated rings. The summed E-state index contributed by atoms with van der Waals surface area (Å²) in [5.41, 5.74) is 0. The van der Waals surface area contributed by atoms with Gasteiger partial charge in [-0.15, -0.1) is 0 Å². The molecule has 2 atom stereocenters. The van der Waals surface area contributed by atoms with Crippen molar-refractivity contribution in [2.75, 3.05) is 13.2 Å². The molecule has 2 nitrogen and oxygen atoms in total. The van der Waals surface area contributed by atoms with Gasteiger partial charge in [0.25, 0.3) is 0 Å². The van der Waals surface area contributed by atoms with Crippen LogP contribution in [-0.4, -0.2) is 19.0 Å². The Morgan fingerprint density at radius 2 is 2.07 bits per heavy atom. The second kappa shape index (κ2) is 6.06. The molecule has 1 aliphatic carbocycles. The zero-order chi connectivity index (χ0) is 11.3. The zero-order valence-corrected chi connectivity index (χ0v) is 10.0. The SMILES string of the molecule is CC(C)C(=O)COCC1CC=CCC1C. The highest BCUT2D eigenvalue weighted by Gasteiger charge is 2.18. The van der Waals surface area contributed by atoms with Crippen molar-refractivity contribution in [1.82, 2.24) is 0 Å². The molecule has 15 heavy (non-hydrogen) atoms. The molecule has 0 aromatic carbocycles. The standard InChI is InChI=1S/C13H22O2/c1-10(2)13(14)9-15-8-12-7-5-4-6-11(12)3/h4-5,10-12H,6-9H2,1-3H3. The van der Waals surface area contributed by atoms with E-state index in [2.05, 4.69) is 19.1 Å². The molecular formula is C13H22O2. The van der Waals surface area contributed by atoms with Gasteiger partial charge < -0.3 is 4.74 Å². The fourth-order valence-electron chi connectivity index (χ4n) is 1.72. The maximum absolute atomic E-state index is 11.3. The van der Waals surface area contributed by atoms with Gasteiger partial charge >= 0.3 is 0 Å². The first-order valence-corrected chi connectivity index (χ1v) is 5.86. The van der Waals surface area contributed by atoms with Crippen LogP contribution >= 0.6 is 0 Å². The lowest BCUT2D eigenvalue weighted by Crippen LogP contribution is -2.23. The van der Waals surface area contributed by atoms with Gasteiger partial charge in [0, 0.05) is 5.92 Å². The Hall–Kier alpha value is -0.630. The molecule has 86 valence electrons. The highest BCUT2D eigenvalue weighted by atomic mass is 16.5. The third-order valence-electron chi connectivity index (χ3n) is 3.14. The predicted molar refractivity (Wildman–Crippen MR) is 61.7 cm³/mol. The molecule has 0 saturated heterocycles. The van der Waals surface area contributed by atoms with Gasteiger partial charge in [-0.3, -0.25) is 4.79 Å². The van der Waals surface area contributed by atoms with E-state index in [0.717, 1.165) is 19.4 Å². The van der Waals surface area contributed by atoms with Gasteiger partial charge in [0.05, 0.1) is 6.61 Å². The first kappa shape index (κ1) is 12.4. The predicted octanol–water partition coefficient (Wildman–Crippen LogP) is 2.83. The number of carbonyl (C=O) groups excluding carboxylic acids is 1. The van der Waals surface area contributed by atoms with E-state index < -0.39 is 0 Å². The van der Waals surface area contributed by atoms with E-state index in [1.807, 2.05) is 13.8 Å². The summed E-state index contributed by atoms with van der Waals surface area (Å²) >= 11 is 0. The monoisotopic (exact) mass is 210 g/mol. The minimum absolute atomic E-state index is 0.0914. The average molecular weight is 210 g/mol. The largest absolute Gasteiger partial charge is 0.373 e. The Kier molecular flexibility index (Phi) is 5.03. The lowest BCUT2D eigenvalue weighted by atomic mass is 9.85. The Labute approximate surface area is 92.7 Å². The summed E-state index contributed by atoms with van der Waals surface area (Å²) in [7, 11) is 0. The van der Waals surface area contributed by atoms with Crippen LogP contribution in [0.4, 0.5) is 0 Å². The van der Waals surface area contributed by atoms with Crippen molar-refractivity contribution in [2.24, 2.45) is 17.8 Å². The maximum atomic E-state index is 11.3. The quantitative estimate of drug-likeness (QED) is 0.652. The number of ether oxygens (including phenoxy) is 1. The molecule has 0 saturated carbocycles. The molecule has 1 aliphatic rings. The van der Waals surface area contributed by atoms with E-state index >= 15 is 0 Å². The van der Waals surface area contributed by atoms with Crippen molar-refractivity contribution in [3.8, 4) is 0 Å². The molecule has 1 rings (SSSR count). The summed E-state index contributed by atoms with van der Waals surface area (Å²) in [5, 5.41) is 0. The molecule has 0 amide bonds. The van der Waals surface area contributed by atoms with Gasteiger partial charge in [-0.25, -0.2) is 0 Å². The summed E-state index contributed by atoms with van der Waals surface area (Å²) in [6.07, 6.45) is 6.70. The summed E-state index contributed by atoms with van der Waals surface area (Å²) in [5.74, 6) is 1.57. The molecule has 0 heterocycles. The smallest absolute Gasteiger partial charge is 0.160 e. The molecule has 0 N–H and O–H groups in total. The van der Waals surface area contributed by atoms with Crippen molar-refractivity contribution in [3.05, 3.63) is 12.2 Å². The summed E-state index contributed by atoms with van der Waals surface area (Å²) < 4.78 is 5.48. The van der Waals surface area contributed by atoms with Crippen LogP contribution in [0.25, 0.3) is 0 Å². The highest BCUT2D eigenvalue weighted by Crippen LogP contribution is 2.24. The van der Waals surface area contributed by atoms with Crippen molar-refractivity contribution in [1.29, 1.82) is 0 Å². The normalized spacial score (nSPS) is 25.9. The molecule has 0 bridgehead atoms. The fourth-order valence-corrected chi connectivity index (χ4v) is 1.72. The number of rotatable bonds is 5. The Balaban J connectivity index is 2.20. The first-order chi connectivity index (χ1) is 7.11. The Bertz CT molecular complexity index is 231. The van der Waals surface area contributed by atoms with Gasteiger partial charge in [-0.1, -0.05) is 32.9 Å². The van der Waals surface area contributed by atoms with Crippen LogP contribution < -0.4 is 0 Å². The molecule has 2 heteroatoms. The van der Waals surface area contributed by atoms with E-state index in [9.17, 15) is 4.79 Å². The number of hydrogen-bond acceptors (Lipinski definition) is 2. The van der Waals surface area contributed by atoms with E-state index in [4.69, 9.17) is 4.74 Å². The van der Waals surface area contributed by atoms with Crippen molar-refractivity contribution in [3.63, 3.8) is 0 Å². The molecule has 0 radical (unpaired) electrons. The summed E-state index contributed by atoms with van der Waals surface area (Å²) in [6, 6.07) is 0. The molecular weight excluding hydrogens is 188 g/mol. The zero-order valence-electron chi connectivity index (χ0n) is 10.0. The number of hydrogen-bond donors (Lipinski definition) is 0. The maximum Gasteiger partial charge on any atom is 0.160 e. The van der Waals surface area contributed by atoms with Gasteiger partial charge in [-0.05, 0) is 24.7 Å². The number of ketones is 1. The highest BCUT2D eigenvalue weighted by molar-refractivity contribution is 5.81. The average Bonchev–Trinajstić information content (AvgIpc) is 2.20. The van der Waals surface area contributed by atoms with Crippen molar-refractivity contribution in [2.45, 2.75) is 33.6 Å². The van der Waals surface area contributed by atoms with E-state index in [1.165, 1.54) is 0 Å². The van der Waals surface area contributed by atoms with Crippen molar-refractivity contribution >= 4 is 5.78 Å². The molecule has 0 aliphatic heterocycles. The van der Waals surface area contributed by atoms with Gasteiger partial charge in [0.2, 0.25) is 0 Å². The van der Waals surface area contributed by atoms with Gasteiger partial charge in [0.1, 0.15) is 6.61 Å². The molecule has 0 spiro atoms. The molecule has 0 aromatic heterocycles. The van der Waals surface area contributed by atoms with Crippen LogP contribution in [0.5, 0.6) is 0 Å². The fraction of sp³-hybridized carbons (Fsp3) is 0.769. The van der Waals surface area contributed by atoms with Crippen LogP contribution in [0.15, 0.2) is 12.2 Å². The van der Waals surface area contributed by atoms with Gasteiger partial charge in [0.15, 0.2) is 5.78 Å². The van der Waals surface area contributed by atoms with Crippen LogP contribution in [0.3, 0.4) is 0 Å². The van der Waals surface area contributed by atoms with Gasteiger partial charge in [-0.2, -0.15) is 0 Å². The second-order valence-corrected chi connectivity index (χ2v) is 4.82. The Morgan fingerprint density at radius 3 is 2.67 bits per heavy atom. The van der Waals surface area contributed by atoms with Crippen LogP contribution in [-0.2, 0) is 9.53 Å². The molecule has 2 unspecified atom stereocenters. The van der Waals surface area contributed by atoms with Crippen LogP contribution in [0, 0.1) is 17.8 Å².